The molecular weight excluding hydrogens is 270 g/mol. The highest BCUT2D eigenvalue weighted by molar-refractivity contribution is 5.54. The van der Waals surface area contributed by atoms with Gasteiger partial charge in [-0.15, -0.1) is 0 Å². The van der Waals surface area contributed by atoms with Crippen molar-refractivity contribution in [1.82, 2.24) is 0 Å². The predicted octanol–water partition coefficient (Wildman–Crippen LogP) is 2.95. The van der Waals surface area contributed by atoms with Crippen LogP contribution in [0.2, 0.25) is 0 Å². The van der Waals surface area contributed by atoms with Gasteiger partial charge in [-0.3, -0.25) is 0 Å². The van der Waals surface area contributed by atoms with Crippen LogP contribution in [0.3, 0.4) is 0 Å². The molecule has 0 aliphatic carbocycles. The van der Waals surface area contributed by atoms with Crippen LogP contribution < -0.4 is 14.8 Å². The second-order valence-electron chi connectivity index (χ2n) is 4.41. The summed E-state index contributed by atoms with van der Waals surface area (Å²) in [5.41, 5.74) is 1.00. The third-order valence-electron chi connectivity index (χ3n) is 2.76. The van der Waals surface area contributed by atoms with E-state index in [4.69, 9.17) is 18.9 Å². The number of methoxy groups -OCH3 is 1. The summed E-state index contributed by atoms with van der Waals surface area (Å²) in [6, 6.07) is 5.87. The molecule has 0 aromatic heterocycles. The number of nitrogens with one attached hydrogen (secondary N) is 1. The molecule has 1 aromatic carbocycles. The molecule has 0 amide bonds. The number of hydrogen-bond donors (Lipinski definition) is 1. The van der Waals surface area contributed by atoms with Crippen molar-refractivity contribution in [3.63, 3.8) is 0 Å². The highest BCUT2D eigenvalue weighted by Crippen LogP contribution is 2.30. The van der Waals surface area contributed by atoms with Gasteiger partial charge < -0.3 is 24.3 Å². The third-order valence-corrected chi connectivity index (χ3v) is 2.76. The highest BCUT2D eigenvalue weighted by Gasteiger charge is 2.05. The summed E-state index contributed by atoms with van der Waals surface area (Å²) in [5, 5.41) is 3.31. The molecule has 0 spiro atoms. The zero-order valence-electron chi connectivity index (χ0n) is 13.3. The van der Waals surface area contributed by atoms with Crippen molar-refractivity contribution in [3.05, 3.63) is 18.2 Å². The number of rotatable bonds is 12. The summed E-state index contributed by atoms with van der Waals surface area (Å²) < 4.78 is 21.6. The van der Waals surface area contributed by atoms with Gasteiger partial charge in [0.15, 0.2) is 11.5 Å². The topological polar surface area (TPSA) is 49.0 Å². The Bertz CT molecular complexity index is 385. The SMILES string of the molecule is CCOc1ccc(NCCOCCCOC)cc1OCC. The molecule has 0 saturated carbocycles. The zero-order valence-corrected chi connectivity index (χ0v) is 13.3. The van der Waals surface area contributed by atoms with E-state index in [0.29, 0.717) is 19.8 Å². The first-order valence-electron chi connectivity index (χ1n) is 7.52. The van der Waals surface area contributed by atoms with Crippen LogP contribution in [-0.2, 0) is 9.47 Å². The quantitative estimate of drug-likeness (QED) is 0.601. The maximum Gasteiger partial charge on any atom is 0.163 e. The molecule has 0 saturated heterocycles. The van der Waals surface area contributed by atoms with Crippen molar-refractivity contribution in [1.29, 1.82) is 0 Å². The molecule has 5 nitrogen and oxygen atoms in total. The summed E-state index contributed by atoms with van der Waals surface area (Å²) in [6.45, 7) is 8.06. The zero-order chi connectivity index (χ0) is 15.3. The van der Waals surface area contributed by atoms with Gasteiger partial charge in [-0.2, -0.15) is 0 Å². The Balaban J connectivity index is 2.35. The van der Waals surface area contributed by atoms with E-state index in [-0.39, 0.29) is 0 Å². The molecule has 1 N–H and O–H groups in total. The lowest BCUT2D eigenvalue weighted by Gasteiger charge is -2.13. The van der Waals surface area contributed by atoms with E-state index in [0.717, 1.165) is 43.4 Å². The monoisotopic (exact) mass is 297 g/mol. The second-order valence-corrected chi connectivity index (χ2v) is 4.41. The van der Waals surface area contributed by atoms with Crippen LogP contribution in [0.4, 0.5) is 5.69 Å². The number of anilines is 1. The summed E-state index contributed by atoms with van der Waals surface area (Å²) in [6.07, 6.45) is 0.925. The first-order valence-corrected chi connectivity index (χ1v) is 7.52. The Morgan fingerprint density at radius 2 is 1.71 bits per heavy atom. The van der Waals surface area contributed by atoms with Gasteiger partial charge in [0.25, 0.3) is 0 Å². The summed E-state index contributed by atoms with van der Waals surface area (Å²) in [7, 11) is 1.70. The van der Waals surface area contributed by atoms with E-state index in [1.54, 1.807) is 7.11 Å². The van der Waals surface area contributed by atoms with Crippen LogP contribution in [0, 0.1) is 0 Å². The van der Waals surface area contributed by atoms with E-state index in [1.165, 1.54) is 0 Å². The van der Waals surface area contributed by atoms with Crippen molar-refractivity contribution >= 4 is 5.69 Å². The van der Waals surface area contributed by atoms with Crippen LogP contribution in [0.25, 0.3) is 0 Å². The van der Waals surface area contributed by atoms with E-state index in [2.05, 4.69) is 5.32 Å². The standard InChI is InChI=1S/C16H27NO4/c1-4-20-15-8-7-14(13-16(15)21-5-2)17-9-12-19-11-6-10-18-3/h7-8,13,17H,4-6,9-12H2,1-3H3. The summed E-state index contributed by atoms with van der Waals surface area (Å²) >= 11 is 0. The lowest BCUT2D eigenvalue weighted by Crippen LogP contribution is -2.11. The van der Waals surface area contributed by atoms with Gasteiger partial charge in [-0.05, 0) is 32.4 Å². The Hall–Kier alpha value is -1.46. The van der Waals surface area contributed by atoms with Crippen molar-refractivity contribution in [3.8, 4) is 11.5 Å². The van der Waals surface area contributed by atoms with E-state index < -0.39 is 0 Å². The van der Waals surface area contributed by atoms with Gasteiger partial charge in [0.05, 0.1) is 19.8 Å². The van der Waals surface area contributed by atoms with E-state index in [9.17, 15) is 0 Å². The first kappa shape index (κ1) is 17.6. The molecule has 1 aromatic rings. The van der Waals surface area contributed by atoms with Gasteiger partial charge in [0.1, 0.15) is 0 Å². The summed E-state index contributed by atoms with van der Waals surface area (Å²) in [4.78, 5) is 0. The van der Waals surface area contributed by atoms with Crippen LogP contribution in [0.1, 0.15) is 20.3 Å². The molecule has 1 rings (SSSR count). The minimum Gasteiger partial charge on any atom is -0.490 e. The molecule has 21 heavy (non-hydrogen) atoms. The molecule has 0 fully saturated rings. The largest absolute Gasteiger partial charge is 0.490 e. The average Bonchev–Trinajstić information content (AvgIpc) is 2.49. The van der Waals surface area contributed by atoms with Gasteiger partial charge in [0, 0.05) is 38.6 Å². The van der Waals surface area contributed by atoms with Gasteiger partial charge in [0.2, 0.25) is 0 Å². The highest BCUT2D eigenvalue weighted by atomic mass is 16.5. The average molecular weight is 297 g/mol. The normalized spacial score (nSPS) is 10.4. The van der Waals surface area contributed by atoms with Gasteiger partial charge >= 0.3 is 0 Å². The summed E-state index contributed by atoms with van der Waals surface area (Å²) in [5.74, 6) is 1.55. The molecule has 0 aliphatic heterocycles. The molecule has 0 unspecified atom stereocenters. The lowest BCUT2D eigenvalue weighted by molar-refractivity contribution is 0.109. The molecule has 5 heteroatoms. The van der Waals surface area contributed by atoms with E-state index >= 15 is 0 Å². The van der Waals surface area contributed by atoms with Crippen molar-refractivity contribution < 1.29 is 18.9 Å². The molecule has 120 valence electrons. The Morgan fingerprint density at radius 1 is 0.952 bits per heavy atom. The maximum atomic E-state index is 5.59. The molecule has 0 bridgehead atoms. The minimum atomic E-state index is 0.617. The smallest absolute Gasteiger partial charge is 0.163 e. The second kappa shape index (κ2) is 11.2. The fraction of sp³-hybridized carbons (Fsp3) is 0.625. The fourth-order valence-electron chi connectivity index (χ4n) is 1.84. The lowest BCUT2D eigenvalue weighted by atomic mass is 10.2. The Labute approximate surface area is 127 Å². The Kier molecular flexibility index (Phi) is 9.40. The number of benzene rings is 1. The predicted molar refractivity (Wildman–Crippen MR) is 84.6 cm³/mol. The van der Waals surface area contributed by atoms with E-state index in [1.807, 2.05) is 32.0 Å². The molecule has 0 radical (unpaired) electrons. The molecule has 0 atom stereocenters. The maximum absolute atomic E-state index is 5.59. The molecule has 0 heterocycles. The van der Waals surface area contributed by atoms with Crippen LogP contribution in [0.5, 0.6) is 11.5 Å². The first-order chi connectivity index (χ1) is 10.3. The van der Waals surface area contributed by atoms with Crippen molar-refractivity contribution in [2.24, 2.45) is 0 Å². The van der Waals surface area contributed by atoms with Crippen molar-refractivity contribution in [2.45, 2.75) is 20.3 Å². The molecule has 0 aliphatic rings. The van der Waals surface area contributed by atoms with Crippen molar-refractivity contribution in [2.75, 3.05) is 52.0 Å². The Morgan fingerprint density at radius 3 is 2.43 bits per heavy atom. The van der Waals surface area contributed by atoms with Gasteiger partial charge in [-0.1, -0.05) is 0 Å². The van der Waals surface area contributed by atoms with Gasteiger partial charge in [-0.25, -0.2) is 0 Å². The fourth-order valence-corrected chi connectivity index (χ4v) is 1.84. The van der Waals surface area contributed by atoms with Crippen LogP contribution in [-0.4, -0.2) is 46.7 Å². The third kappa shape index (κ3) is 7.20. The number of hydrogen-bond acceptors (Lipinski definition) is 5. The minimum absolute atomic E-state index is 0.617. The van der Waals surface area contributed by atoms with Crippen LogP contribution >= 0.6 is 0 Å². The number of ether oxygens (including phenoxy) is 4. The molecular formula is C16H27NO4. The van der Waals surface area contributed by atoms with Crippen LogP contribution in [0.15, 0.2) is 18.2 Å².